The lowest BCUT2D eigenvalue weighted by Crippen LogP contribution is -1.85. The van der Waals surface area contributed by atoms with Gasteiger partial charge in [-0.2, -0.15) is 0 Å². The van der Waals surface area contributed by atoms with Gasteiger partial charge < -0.3 is 0 Å². The molecule has 4 heteroatoms. The van der Waals surface area contributed by atoms with E-state index in [0.717, 1.165) is 19.1 Å². The van der Waals surface area contributed by atoms with Crippen molar-refractivity contribution in [1.82, 2.24) is 9.97 Å². The van der Waals surface area contributed by atoms with E-state index in [4.69, 9.17) is 0 Å². The molecular formula is C8H4BrIN2. The Bertz CT molecular complexity index is 430. The number of hydrogen-bond acceptors (Lipinski definition) is 2. The molecule has 12 heavy (non-hydrogen) atoms. The first-order valence-electron chi connectivity index (χ1n) is 3.33. The van der Waals surface area contributed by atoms with Crippen LogP contribution in [0.5, 0.6) is 0 Å². The summed E-state index contributed by atoms with van der Waals surface area (Å²) in [5, 5.41) is 0. The zero-order chi connectivity index (χ0) is 8.55. The van der Waals surface area contributed by atoms with Crippen LogP contribution in [0.3, 0.4) is 0 Å². The Balaban J connectivity index is 2.86. The number of pyridine rings is 2. The van der Waals surface area contributed by atoms with Crippen molar-refractivity contribution in [3.8, 4) is 0 Å². The lowest BCUT2D eigenvalue weighted by atomic mass is 10.3. The van der Waals surface area contributed by atoms with Gasteiger partial charge in [0.2, 0.25) is 0 Å². The Morgan fingerprint density at radius 1 is 1.33 bits per heavy atom. The van der Waals surface area contributed by atoms with E-state index in [0.29, 0.717) is 0 Å². The number of halogens is 2. The van der Waals surface area contributed by atoms with Crippen LogP contribution in [-0.2, 0) is 0 Å². The highest BCUT2D eigenvalue weighted by Crippen LogP contribution is 2.19. The topological polar surface area (TPSA) is 25.8 Å². The van der Waals surface area contributed by atoms with Crippen molar-refractivity contribution < 1.29 is 0 Å². The summed E-state index contributed by atoms with van der Waals surface area (Å²) in [4.78, 5) is 8.47. The largest absolute Gasteiger partial charge is 0.254 e. The summed E-state index contributed by atoms with van der Waals surface area (Å²) in [6.45, 7) is 0. The van der Waals surface area contributed by atoms with Gasteiger partial charge in [-0.25, -0.2) is 0 Å². The summed E-state index contributed by atoms with van der Waals surface area (Å²) < 4.78 is 2.09. The monoisotopic (exact) mass is 334 g/mol. The maximum atomic E-state index is 4.26. The minimum absolute atomic E-state index is 0.927. The maximum Gasteiger partial charge on any atom is 0.102 e. The Morgan fingerprint density at radius 2 is 2.17 bits per heavy atom. The van der Waals surface area contributed by atoms with Crippen molar-refractivity contribution >= 4 is 49.6 Å². The van der Waals surface area contributed by atoms with Crippen molar-refractivity contribution in [2.24, 2.45) is 0 Å². The molecule has 2 aromatic rings. The molecule has 60 valence electrons. The molecular weight excluding hydrogens is 331 g/mol. The van der Waals surface area contributed by atoms with Gasteiger partial charge in [0, 0.05) is 20.4 Å². The highest BCUT2D eigenvalue weighted by Gasteiger charge is 1.99. The number of nitrogens with zero attached hydrogens (tertiary/aromatic N) is 2. The van der Waals surface area contributed by atoms with Gasteiger partial charge in [-0.05, 0) is 50.7 Å². The Hall–Kier alpha value is -0.230. The second-order valence-corrected chi connectivity index (χ2v) is 4.39. The smallest absolute Gasteiger partial charge is 0.102 e. The van der Waals surface area contributed by atoms with E-state index >= 15 is 0 Å². The molecule has 0 aromatic carbocycles. The van der Waals surface area contributed by atoms with E-state index in [1.165, 1.54) is 0 Å². The fourth-order valence-electron chi connectivity index (χ4n) is 0.973. The fourth-order valence-corrected chi connectivity index (χ4v) is 1.87. The van der Waals surface area contributed by atoms with Crippen molar-refractivity contribution in [2.45, 2.75) is 0 Å². The van der Waals surface area contributed by atoms with Crippen LogP contribution < -0.4 is 0 Å². The third-order valence-corrected chi connectivity index (χ3v) is 2.80. The lowest BCUT2D eigenvalue weighted by molar-refractivity contribution is 1.31. The van der Waals surface area contributed by atoms with E-state index in [9.17, 15) is 0 Å². The molecule has 0 fully saturated rings. The number of hydrogen-bond donors (Lipinski definition) is 0. The summed E-state index contributed by atoms with van der Waals surface area (Å²) in [5.41, 5.74) is 1.89. The second kappa shape index (κ2) is 3.26. The third kappa shape index (κ3) is 1.45. The lowest BCUT2D eigenvalue weighted by Gasteiger charge is -1.97. The first kappa shape index (κ1) is 8.37. The number of fused-ring (bicyclic) bond motifs is 1. The Kier molecular flexibility index (Phi) is 2.27. The Morgan fingerprint density at radius 3 is 3.00 bits per heavy atom. The van der Waals surface area contributed by atoms with Crippen LogP contribution in [0, 0.1) is 3.57 Å². The molecule has 0 amide bonds. The minimum atomic E-state index is 0.927. The average Bonchev–Trinajstić information content (AvgIpc) is 2.04. The van der Waals surface area contributed by atoms with E-state index < -0.39 is 0 Å². The molecule has 0 N–H and O–H groups in total. The van der Waals surface area contributed by atoms with Crippen LogP contribution in [-0.4, -0.2) is 9.97 Å². The van der Waals surface area contributed by atoms with E-state index in [2.05, 4.69) is 48.5 Å². The molecule has 2 rings (SSSR count). The molecule has 0 spiro atoms. The van der Waals surface area contributed by atoms with Crippen LogP contribution in [0.1, 0.15) is 0 Å². The highest BCUT2D eigenvalue weighted by molar-refractivity contribution is 14.1. The summed E-state index contributed by atoms with van der Waals surface area (Å²) in [6, 6.07) is 3.91. The molecule has 0 aliphatic heterocycles. The van der Waals surface area contributed by atoms with Gasteiger partial charge in [0.25, 0.3) is 0 Å². The number of rotatable bonds is 0. The van der Waals surface area contributed by atoms with Crippen LogP contribution in [0.2, 0.25) is 0 Å². The maximum absolute atomic E-state index is 4.26. The van der Waals surface area contributed by atoms with Crippen LogP contribution >= 0.6 is 38.5 Å². The van der Waals surface area contributed by atoms with Gasteiger partial charge in [0.1, 0.15) is 5.52 Å². The quantitative estimate of drug-likeness (QED) is 0.692. The molecule has 0 bridgehead atoms. The van der Waals surface area contributed by atoms with E-state index in [1.54, 1.807) is 12.4 Å². The van der Waals surface area contributed by atoms with E-state index in [1.807, 2.05) is 12.1 Å². The molecule has 2 heterocycles. The van der Waals surface area contributed by atoms with Gasteiger partial charge in [0.05, 0.1) is 5.52 Å². The number of aromatic nitrogens is 2. The molecule has 0 radical (unpaired) electrons. The predicted octanol–water partition coefficient (Wildman–Crippen LogP) is 3.00. The van der Waals surface area contributed by atoms with Gasteiger partial charge in [-0.15, -0.1) is 0 Å². The van der Waals surface area contributed by atoms with Crippen molar-refractivity contribution in [1.29, 1.82) is 0 Å². The third-order valence-electron chi connectivity index (χ3n) is 1.49. The van der Waals surface area contributed by atoms with E-state index in [-0.39, 0.29) is 0 Å². The van der Waals surface area contributed by atoms with Gasteiger partial charge >= 0.3 is 0 Å². The SMILES string of the molecule is Brc1cnc2c(I)ccnc2c1. The van der Waals surface area contributed by atoms with Gasteiger partial charge in [0.15, 0.2) is 0 Å². The second-order valence-electron chi connectivity index (χ2n) is 2.31. The zero-order valence-corrected chi connectivity index (χ0v) is 9.70. The summed E-state index contributed by atoms with van der Waals surface area (Å²) >= 11 is 5.60. The van der Waals surface area contributed by atoms with Crippen LogP contribution in [0.25, 0.3) is 11.0 Å². The molecule has 0 atom stereocenters. The Labute approximate surface area is 91.7 Å². The first-order valence-corrected chi connectivity index (χ1v) is 5.20. The molecule has 0 saturated carbocycles. The first-order chi connectivity index (χ1) is 5.77. The highest BCUT2D eigenvalue weighted by atomic mass is 127. The van der Waals surface area contributed by atoms with Gasteiger partial charge in [-0.1, -0.05) is 0 Å². The summed E-state index contributed by atoms with van der Waals surface area (Å²) in [6.07, 6.45) is 3.57. The normalized spacial score (nSPS) is 10.5. The van der Waals surface area contributed by atoms with Crippen molar-refractivity contribution in [2.75, 3.05) is 0 Å². The molecule has 0 aliphatic rings. The molecule has 0 aliphatic carbocycles. The summed E-state index contributed by atoms with van der Waals surface area (Å²) in [5.74, 6) is 0. The van der Waals surface area contributed by atoms with Crippen LogP contribution in [0.4, 0.5) is 0 Å². The predicted molar refractivity (Wildman–Crippen MR) is 60.0 cm³/mol. The fraction of sp³-hybridized carbons (Fsp3) is 0. The van der Waals surface area contributed by atoms with Gasteiger partial charge in [-0.3, -0.25) is 9.97 Å². The summed E-state index contributed by atoms with van der Waals surface area (Å²) in [7, 11) is 0. The van der Waals surface area contributed by atoms with Crippen molar-refractivity contribution in [3.05, 3.63) is 32.6 Å². The average molecular weight is 335 g/mol. The molecule has 2 nitrogen and oxygen atoms in total. The molecule has 2 aromatic heterocycles. The molecule has 0 unspecified atom stereocenters. The standard InChI is InChI=1S/C8H4BrIN2/c9-5-3-7-8(12-4-5)6(10)1-2-11-7/h1-4H. The van der Waals surface area contributed by atoms with Crippen molar-refractivity contribution in [3.63, 3.8) is 0 Å². The zero-order valence-electron chi connectivity index (χ0n) is 5.96. The van der Waals surface area contributed by atoms with Crippen LogP contribution in [0.15, 0.2) is 29.0 Å². The molecule has 0 saturated heterocycles. The minimum Gasteiger partial charge on any atom is -0.254 e.